The highest BCUT2D eigenvalue weighted by molar-refractivity contribution is 5.63. The lowest BCUT2D eigenvalue weighted by Gasteiger charge is -2.30. The maximum absolute atomic E-state index is 13.0. The van der Waals surface area contributed by atoms with Crippen LogP contribution < -0.4 is 10.5 Å². The summed E-state index contributed by atoms with van der Waals surface area (Å²) in [5.41, 5.74) is 3.26. The number of rotatable bonds is 2. The number of pyridine rings is 2. The highest BCUT2D eigenvalue weighted by Crippen LogP contribution is 2.29. The van der Waals surface area contributed by atoms with Gasteiger partial charge in [0.25, 0.3) is 5.56 Å². The summed E-state index contributed by atoms with van der Waals surface area (Å²) in [6.45, 7) is 4.80. The van der Waals surface area contributed by atoms with Gasteiger partial charge in [0.05, 0.1) is 0 Å². The highest BCUT2D eigenvalue weighted by atomic mass is 19.4. The van der Waals surface area contributed by atoms with Crippen molar-refractivity contribution in [2.75, 3.05) is 11.4 Å². The summed E-state index contributed by atoms with van der Waals surface area (Å²) in [5, 5.41) is 4.35. The minimum Gasteiger partial charge on any atom is -0.350 e. The molecule has 1 aliphatic rings. The van der Waals surface area contributed by atoms with Gasteiger partial charge < -0.3 is 4.90 Å². The fraction of sp³-hybridized carbons (Fsp3) is 0.261. The highest BCUT2D eigenvalue weighted by Gasteiger charge is 2.34. The number of hydrogen-bond donors (Lipinski definition) is 0. The molecule has 33 heavy (non-hydrogen) atoms. The lowest BCUT2D eigenvalue weighted by atomic mass is 10.0. The standard InChI is InChI=1S/C23H19F3N6O/c1-13-7-20-29-19(23(24,25)26)9-21(33)32(20)30-22(13)31-6-5-18-17(12-31)8-16(11-28-18)15-4-3-14(2)27-10-15/h3-4,7-11H,5-6,12H2,1-2H3. The van der Waals surface area contributed by atoms with E-state index in [2.05, 4.69) is 26.1 Å². The molecule has 4 aromatic rings. The van der Waals surface area contributed by atoms with Crippen molar-refractivity contribution in [1.82, 2.24) is 24.6 Å². The third-order valence-electron chi connectivity index (χ3n) is 5.69. The molecule has 0 bridgehead atoms. The third-order valence-corrected chi connectivity index (χ3v) is 5.69. The molecule has 0 unspecified atom stereocenters. The first-order valence-corrected chi connectivity index (χ1v) is 10.3. The van der Waals surface area contributed by atoms with Gasteiger partial charge in [-0.25, -0.2) is 4.98 Å². The quantitative estimate of drug-likeness (QED) is 0.461. The van der Waals surface area contributed by atoms with Gasteiger partial charge >= 0.3 is 6.18 Å². The van der Waals surface area contributed by atoms with E-state index in [9.17, 15) is 18.0 Å². The van der Waals surface area contributed by atoms with Gasteiger partial charge in [-0.1, -0.05) is 6.07 Å². The summed E-state index contributed by atoms with van der Waals surface area (Å²) in [6.07, 6.45) is -0.372. The Bertz CT molecular complexity index is 1430. The second-order valence-corrected chi connectivity index (χ2v) is 8.09. The molecule has 5 rings (SSSR count). The zero-order valence-electron chi connectivity index (χ0n) is 17.9. The molecular formula is C23H19F3N6O. The number of nitrogens with zero attached hydrogens (tertiary/aromatic N) is 6. The summed E-state index contributed by atoms with van der Waals surface area (Å²) >= 11 is 0. The monoisotopic (exact) mass is 452 g/mol. The van der Waals surface area contributed by atoms with E-state index in [4.69, 9.17) is 0 Å². The van der Waals surface area contributed by atoms with Crippen LogP contribution in [0.2, 0.25) is 0 Å². The Kier molecular flexibility index (Phi) is 4.88. The maximum atomic E-state index is 13.0. The van der Waals surface area contributed by atoms with Crippen molar-refractivity contribution >= 4 is 11.5 Å². The number of aryl methyl sites for hydroxylation is 2. The fourth-order valence-corrected chi connectivity index (χ4v) is 3.98. The zero-order valence-corrected chi connectivity index (χ0v) is 17.9. The Morgan fingerprint density at radius 3 is 2.52 bits per heavy atom. The van der Waals surface area contributed by atoms with Crippen LogP contribution in [0.3, 0.4) is 0 Å². The predicted octanol–water partition coefficient (Wildman–Crippen LogP) is 3.74. The molecule has 4 aromatic heterocycles. The molecule has 0 amide bonds. The van der Waals surface area contributed by atoms with E-state index < -0.39 is 17.4 Å². The Morgan fingerprint density at radius 2 is 1.79 bits per heavy atom. The molecule has 0 atom stereocenters. The van der Waals surface area contributed by atoms with Gasteiger partial charge in [-0.05, 0) is 43.2 Å². The smallest absolute Gasteiger partial charge is 0.350 e. The van der Waals surface area contributed by atoms with Crippen molar-refractivity contribution in [3.05, 3.63) is 81.3 Å². The normalized spacial score (nSPS) is 13.9. The first-order valence-electron chi connectivity index (χ1n) is 10.3. The van der Waals surface area contributed by atoms with Gasteiger partial charge in [0.2, 0.25) is 0 Å². The van der Waals surface area contributed by atoms with Gasteiger partial charge in [0, 0.05) is 60.5 Å². The van der Waals surface area contributed by atoms with Crippen LogP contribution in [0.1, 0.15) is 28.2 Å². The average molecular weight is 452 g/mol. The molecule has 0 saturated carbocycles. The molecule has 0 fully saturated rings. The molecule has 168 valence electrons. The first-order chi connectivity index (χ1) is 15.7. The van der Waals surface area contributed by atoms with Gasteiger partial charge in [0.15, 0.2) is 17.2 Å². The Balaban J connectivity index is 1.51. The minimum absolute atomic E-state index is 0.135. The Labute approximate surface area is 186 Å². The fourth-order valence-electron chi connectivity index (χ4n) is 3.98. The molecule has 0 aliphatic carbocycles. The third kappa shape index (κ3) is 3.92. The van der Waals surface area contributed by atoms with Gasteiger partial charge in [0.1, 0.15) is 0 Å². The Morgan fingerprint density at radius 1 is 1.00 bits per heavy atom. The van der Waals surface area contributed by atoms with Crippen LogP contribution in [0.15, 0.2) is 47.5 Å². The molecule has 10 heteroatoms. The van der Waals surface area contributed by atoms with Gasteiger partial charge in [-0.15, -0.1) is 5.10 Å². The second-order valence-electron chi connectivity index (χ2n) is 8.09. The molecular weight excluding hydrogens is 433 g/mol. The van der Waals surface area contributed by atoms with Crippen molar-refractivity contribution in [2.24, 2.45) is 0 Å². The topological polar surface area (TPSA) is 76.3 Å². The van der Waals surface area contributed by atoms with E-state index in [-0.39, 0.29) is 5.65 Å². The SMILES string of the molecule is Cc1ccc(-c2cnc3c(c2)CN(c2nn4c(=O)cc(C(F)(F)F)nc4cc2C)CC3)cn1. The minimum atomic E-state index is -4.70. The lowest BCUT2D eigenvalue weighted by Crippen LogP contribution is -2.33. The number of anilines is 1. The van der Waals surface area contributed by atoms with Crippen molar-refractivity contribution < 1.29 is 13.2 Å². The molecule has 0 radical (unpaired) electrons. The van der Waals surface area contributed by atoms with Gasteiger partial charge in [-0.2, -0.15) is 17.7 Å². The van der Waals surface area contributed by atoms with E-state index >= 15 is 0 Å². The second kappa shape index (κ2) is 7.65. The average Bonchev–Trinajstić information content (AvgIpc) is 2.78. The van der Waals surface area contributed by atoms with Crippen molar-refractivity contribution in [3.8, 4) is 11.1 Å². The number of hydrogen-bond acceptors (Lipinski definition) is 6. The van der Waals surface area contributed by atoms with Gasteiger partial charge in [-0.3, -0.25) is 14.8 Å². The van der Waals surface area contributed by atoms with E-state index in [1.807, 2.05) is 36.4 Å². The number of alkyl halides is 3. The van der Waals surface area contributed by atoms with Crippen LogP contribution in [-0.4, -0.2) is 31.1 Å². The molecule has 0 N–H and O–H groups in total. The molecule has 0 saturated heterocycles. The first kappa shape index (κ1) is 21.0. The van der Waals surface area contributed by atoms with Crippen molar-refractivity contribution in [1.29, 1.82) is 0 Å². The van der Waals surface area contributed by atoms with Crippen LogP contribution in [-0.2, 0) is 19.1 Å². The molecule has 0 aromatic carbocycles. The van der Waals surface area contributed by atoms with Crippen LogP contribution in [0.4, 0.5) is 19.0 Å². The van der Waals surface area contributed by atoms with Crippen LogP contribution in [0.25, 0.3) is 16.8 Å². The Hall–Kier alpha value is -3.82. The van der Waals surface area contributed by atoms with E-state index in [0.29, 0.717) is 37.0 Å². The van der Waals surface area contributed by atoms with E-state index in [0.717, 1.165) is 32.6 Å². The lowest BCUT2D eigenvalue weighted by molar-refractivity contribution is -0.141. The number of fused-ring (bicyclic) bond motifs is 2. The molecule has 0 spiro atoms. The summed E-state index contributed by atoms with van der Waals surface area (Å²) < 4.78 is 40.0. The maximum Gasteiger partial charge on any atom is 0.433 e. The van der Waals surface area contributed by atoms with E-state index in [1.165, 1.54) is 6.07 Å². The number of halogens is 3. The van der Waals surface area contributed by atoms with Crippen LogP contribution in [0.5, 0.6) is 0 Å². The zero-order chi connectivity index (χ0) is 23.3. The summed E-state index contributed by atoms with van der Waals surface area (Å²) in [5.74, 6) is 0.527. The summed E-state index contributed by atoms with van der Waals surface area (Å²) in [4.78, 5) is 26.9. The predicted molar refractivity (Wildman–Crippen MR) is 116 cm³/mol. The van der Waals surface area contributed by atoms with Crippen LogP contribution >= 0.6 is 0 Å². The summed E-state index contributed by atoms with van der Waals surface area (Å²) in [7, 11) is 0. The van der Waals surface area contributed by atoms with Crippen molar-refractivity contribution in [2.45, 2.75) is 33.0 Å². The molecule has 5 heterocycles. The van der Waals surface area contributed by atoms with Crippen LogP contribution in [0, 0.1) is 13.8 Å². The largest absolute Gasteiger partial charge is 0.433 e. The molecule has 1 aliphatic heterocycles. The molecule has 7 nitrogen and oxygen atoms in total. The van der Waals surface area contributed by atoms with E-state index in [1.54, 1.807) is 6.92 Å². The number of aromatic nitrogens is 5. The van der Waals surface area contributed by atoms with Crippen molar-refractivity contribution in [3.63, 3.8) is 0 Å². The summed E-state index contributed by atoms with van der Waals surface area (Å²) in [6, 6.07) is 7.94.